The fraction of sp³-hybridized carbons (Fsp3) is 0.429. The number of aliphatic hydroxyl groups is 2. The van der Waals surface area contributed by atoms with Crippen molar-refractivity contribution in [2.75, 3.05) is 0 Å². The van der Waals surface area contributed by atoms with Crippen LogP contribution in [0.4, 0.5) is 0 Å². The van der Waals surface area contributed by atoms with Gasteiger partial charge in [0.05, 0.1) is 12.2 Å². The largest absolute Gasteiger partial charge is 0.393 e. The van der Waals surface area contributed by atoms with Gasteiger partial charge in [-0.3, -0.25) is 0 Å². The third-order valence-corrected chi connectivity index (χ3v) is 2.56. The molecule has 1 aromatic rings. The maximum atomic E-state index is 9.79. The molecule has 0 aliphatic heterocycles. The van der Waals surface area contributed by atoms with Crippen LogP contribution in [0.25, 0.3) is 0 Å². The van der Waals surface area contributed by atoms with E-state index in [4.69, 9.17) is 0 Å². The van der Waals surface area contributed by atoms with Gasteiger partial charge in [-0.15, -0.1) is 6.58 Å². The van der Waals surface area contributed by atoms with Crippen molar-refractivity contribution in [1.82, 2.24) is 0 Å². The van der Waals surface area contributed by atoms with Crippen molar-refractivity contribution in [3.63, 3.8) is 0 Å². The minimum absolute atomic E-state index is 0.433. The van der Waals surface area contributed by atoms with E-state index in [0.29, 0.717) is 19.3 Å². The summed E-state index contributed by atoms with van der Waals surface area (Å²) in [7, 11) is 0. The predicted octanol–water partition coefficient (Wildman–Crippen LogP) is 2.31. The first-order valence-corrected chi connectivity index (χ1v) is 5.73. The first-order chi connectivity index (χ1) is 7.72. The standard InChI is InChI=1S/C14H20O2/c1-2-3-9-13(15)11-14(16)10-12-7-5-4-6-8-12/h2,4-8,13-16H,1,3,9-11H2/t13-,14-/m1/s1. The predicted molar refractivity (Wildman–Crippen MR) is 66.2 cm³/mol. The second-order valence-corrected chi connectivity index (χ2v) is 4.10. The van der Waals surface area contributed by atoms with Crippen LogP contribution in [0.2, 0.25) is 0 Å². The maximum absolute atomic E-state index is 9.79. The van der Waals surface area contributed by atoms with Crippen molar-refractivity contribution in [3.8, 4) is 0 Å². The Hall–Kier alpha value is -1.12. The van der Waals surface area contributed by atoms with Crippen molar-refractivity contribution in [2.24, 2.45) is 0 Å². The van der Waals surface area contributed by atoms with E-state index in [1.807, 2.05) is 30.3 Å². The van der Waals surface area contributed by atoms with Crippen LogP contribution >= 0.6 is 0 Å². The van der Waals surface area contributed by atoms with Gasteiger partial charge in [0.15, 0.2) is 0 Å². The van der Waals surface area contributed by atoms with Crippen molar-refractivity contribution >= 4 is 0 Å². The van der Waals surface area contributed by atoms with Crippen LogP contribution in [0.3, 0.4) is 0 Å². The lowest BCUT2D eigenvalue weighted by molar-refractivity contribution is 0.0765. The maximum Gasteiger partial charge on any atom is 0.0605 e. The molecule has 0 amide bonds. The molecule has 0 saturated carbocycles. The minimum atomic E-state index is -0.470. The van der Waals surface area contributed by atoms with E-state index in [-0.39, 0.29) is 0 Å². The van der Waals surface area contributed by atoms with Gasteiger partial charge in [-0.05, 0) is 31.2 Å². The molecule has 88 valence electrons. The zero-order valence-electron chi connectivity index (χ0n) is 9.55. The van der Waals surface area contributed by atoms with Crippen LogP contribution in [-0.4, -0.2) is 22.4 Å². The summed E-state index contributed by atoms with van der Waals surface area (Å²) in [5, 5.41) is 19.4. The van der Waals surface area contributed by atoms with Gasteiger partial charge in [-0.2, -0.15) is 0 Å². The highest BCUT2D eigenvalue weighted by Crippen LogP contribution is 2.10. The molecular formula is C14H20O2. The van der Waals surface area contributed by atoms with Crippen molar-refractivity contribution < 1.29 is 10.2 Å². The molecule has 0 bridgehead atoms. The lowest BCUT2D eigenvalue weighted by Crippen LogP contribution is -2.19. The summed E-state index contributed by atoms with van der Waals surface area (Å²) in [5.74, 6) is 0. The summed E-state index contributed by atoms with van der Waals surface area (Å²) in [6.07, 6.45) is 3.38. The lowest BCUT2D eigenvalue weighted by Gasteiger charge is -2.15. The third kappa shape index (κ3) is 5.10. The van der Waals surface area contributed by atoms with E-state index >= 15 is 0 Å². The second kappa shape index (κ2) is 7.20. The summed E-state index contributed by atoms with van der Waals surface area (Å²) >= 11 is 0. The van der Waals surface area contributed by atoms with E-state index < -0.39 is 12.2 Å². The van der Waals surface area contributed by atoms with Crippen LogP contribution in [0.15, 0.2) is 43.0 Å². The highest BCUT2D eigenvalue weighted by Gasteiger charge is 2.11. The van der Waals surface area contributed by atoms with Crippen LogP contribution in [0.5, 0.6) is 0 Å². The molecule has 0 fully saturated rings. The summed E-state index contributed by atoms with van der Waals surface area (Å²) in [5.41, 5.74) is 1.10. The number of benzene rings is 1. The molecule has 2 heteroatoms. The molecule has 0 saturated heterocycles. The lowest BCUT2D eigenvalue weighted by atomic mass is 10.0. The Morgan fingerprint density at radius 3 is 2.44 bits per heavy atom. The van der Waals surface area contributed by atoms with Crippen LogP contribution in [-0.2, 0) is 6.42 Å². The quantitative estimate of drug-likeness (QED) is 0.692. The number of allylic oxidation sites excluding steroid dienone is 1. The van der Waals surface area contributed by atoms with Gasteiger partial charge < -0.3 is 10.2 Å². The highest BCUT2D eigenvalue weighted by molar-refractivity contribution is 5.15. The average molecular weight is 220 g/mol. The minimum Gasteiger partial charge on any atom is -0.393 e. The van der Waals surface area contributed by atoms with Crippen LogP contribution in [0, 0.1) is 0 Å². The first-order valence-electron chi connectivity index (χ1n) is 5.73. The highest BCUT2D eigenvalue weighted by atomic mass is 16.3. The number of aliphatic hydroxyl groups excluding tert-OH is 2. The molecule has 0 aliphatic rings. The molecule has 0 aliphatic carbocycles. The molecule has 2 N–H and O–H groups in total. The van der Waals surface area contributed by atoms with Crippen LogP contribution in [0.1, 0.15) is 24.8 Å². The smallest absolute Gasteiger partial charge is 0.0605 e. The third-order valence-electron chi connectivity index (χ3n) is 2.56. The number of hydrogen-bond donors (Lipinski definition) is 2. The van der Waals surface area contributed by atoms with E-state index in [1.54, 1.807) is 6.08 Å². The van der Waals surface area contributed by atoms with Gasteiger partial charge >= 0.3 is 0 Å². The zero-order valence-corrected chi connectivity index (χ0v) is 9.55. The fourth-order valence-electron chi connectivity index (χ4n) is 1.71. The summed E-state index contributed by atoms with van der Waals surface area (Å²) in [6, 6.07) is 9.83. The molecule has 2 atom stereocenters. The van der Waals surface area contributed by atoms with Crippen molar-refractivity contribution in [2.45, 2.75) is 37.9 Å². The van der Waals surface area contributed by atoms with E-state index in [9.17, 15) is 10.2 Å². The Balaban J connectivity index is 2.30. The van der Waals surface area contributed by atoms with Crippen LogP contribution < -0.4 is 0 Å². The molecule has 0 unspecified atom stereocenters. The SMILES string of the molecule is C=CCC[C@@H](O)C[C@H](O)Cc1ccccc1. The molecule has 1 aromatic carbocycles. The Morgan fingerprint density at radius 1 is 1.12 bits per heavy atom. The molecule has 0 aromatic heterocycles. The van der Waals surface area contributed by atoms with Gasteiger partial charge in [-0.1, -0.05) is 36.4 Å². The van der Waals surface area contributed by atoms with Crippen molar-refractivity contribution in [3.05, 3.63) is 48.6 Å². The Bertz CT molecular complexity index is 295. The van der Waals surface area contributed by atoms with Gasteiger partial charge in [-0.25, -0.2) is 0 Å². The molecule has 0 spiro atoms. The number of rotatable bonds is 7. The molecule has 0 radical (unpaired) electrons. The Morgan fingerprint density at radius 2 is 1.81 bits per heavy atom. The van der Waals surface area contributed by atoms with E-state index in [1.165, 1.54) is 0 Å². The molecule has 1 rings (SSSR count). The summed E-state index contributed by atoms with van der Waals surface area (Å²) in [6.45, 7) is 3.61. The second-order valence-electron chi connectivity index (χ2n) is 4.10. The fourth-order valence-corrected chi connectivity index (χ4v) is 1.71. The van der Waals surface area contributed by atoms with Gasteiger partial charge in [0, 0.05) is 0 Å². The molecular weight excluding hydrogens is 200 g/mol. The normalized spacial score (nSPS) is 14.4. The Labute approximate surface area is 97.2 Å². The topological polar surface area (TPSA) is 40.5 Å². The summed E-state index contributed by atoms with van der Waals surface area (Å²) in [4.78, 5) is 0. The molecule has 2 nitrogen and oxygen atoms in total. The van der Waals surface area contributed by atoms with E-state index in [0.717, 1.165) is 12.0 Å². The zero-order chi connectivity index (χ0) is 11.8. The molecule has 16 heavy (non-hydrogen) atoms. The summed E-state index contributed by atoms with van der Waals surface area (Å²) < 4.78 is 0. The Kier molecular flexibility index (Phi) is 5.83. The van der Waals surface area contributed by atoms with Crippen molar-refractivity contribution in [1.29, 1.82) is 0 Å². The van der Waals surface area contributed by atoms with E-state index in [2.05, 4.69) is 6.58 Å². The van der Waals surface area contributed by atoms with Gasteiger partial charge in [0.1, 0.15) is 0 Å². The number of hydrogen-bond acceptors (Lipinski definition) is 2. The average Bonchev–Trinajstić information content (AvgIpc) is 2.27. The first kappa shape index (κ1) is 12.9. The van der Waals surface area contributed by atoms with Gasteiger partial charge in [0.2, 0.25) is 0 Å². The van der Waals surface area contributed by atoms with Gasteiger partial charge in [0.25, 0.3) is 0 Å². The monoisotopic (exact) mass is 220 g/mol. The molecule has 0 heterocycles.